The van der Waals surface area contributed by atoms with Crippen molar-refractivity contribution in [1.29, 1.82) is 0 Å². The van der Waals surface area contributed by atoms with Crippen molar-refractivity contribution in [2.75, 3.05) is 37.8 Å². The third kappa shape index (κ3) is 4.78. The number of methoxy groups -OCH3 is 1. The number of hydrogen-bond donors (Lipinski definition) is 2. The summed E-state index contributed by atoms with van der Waals surface area (Å²) in [5.41, 5.74) is 0.218. The van der Waals surface area contributed by atoms with Crippen LogP contribution in [0.5, 0.6) is 5.75 Å². The summed E-state index contributed by atoms with van der Waals surface area (Å²) in [5.74, 6) is -0.354. The van der Waals surface area contributed by atoms with Crippen molar-refractivity contribution in [1.82, 2.24) is 10.2 Å². The molecule has 1 aromatic carbocycles. The highest BCUT2D eigenvalue weighted by Crippen LogP contribution is 2.31. The van der Waals surface area contributed by atoms with E-state index in [4.69, 9.17) is 4.74 Å². The van der Waals surface area contributed by atoms with Gasteiger partial charge in [0.05, 0.1) is 29.0 Å². The summed E-state index contributed by atoms with van der Waals surface area (Å²) >= 11 is 0. The molecule has 27 heavy (non-hydrogen) atoms. The lowest BCUT2D eigenvalue weighted by Crippen LogP contribution is -2.40. The SMILES string of the molecule is CCN1CCCC1CNC(=O)c1cc(S(=O)(=O)CC)c(NC=O)cc1OC. The zero-order valence-corrected chi connectivity index (χ0v) is 16.8. The highest BCUT2D eigenvalue weighted by atomic mass is 32.2. The van der Waals surface area contributed by atoms with E-state index in [0.717, 1.165) is 25.9 Å². The van der Waals surface area contributed by atoms with Gasteiger partial charge in [0, 0.05) is 18.7 Å². The molecule has 150 valence electrons. The Morgan fingerprint density at radius 1 is 1.37 bits per heavy atom. The normalized spacial score (nSPS) is 17.5. The van der Waals surface area contributed by atoms with Gasteiger partial charge in [-0.25, -0.2) is 8.42 Å². The van der Waals surface area contributed by atoms with E-state index in [-0.39, 0.29) is 33.7 Å². The Kier molecular flexibility index (Phi) is 7.20. The molecule has 1 unspecified atom stereocenters. The van der Waals surface area contributed by atoms with E-state index in [1.165, 1.54) is 26.2 Å². The topological polar surface area (TPSA) is 105 Å². The number of nitrogens with one attached hydrogen (secondary N) is 2. The van der Waals surface area contributed by atoms with E-state index in [1.54, 1.807) is 0 Å². The minimum atomic E-state index is -3.64. The number of sulfone groups is 1. The molecule has 1 atom stereocenters. The molecule has 1 aliphatic rings. The number of likely N-dealkylation sites (tertiary alicyclic amines) is 1. The standard InChI is InChI=1S/C18H27N3O5S/c1-4-21-8-6-7-13(21)11-19-18(23)14-9-17(27(24,25)5-2)15(20-12-22)10-16(14)26-3/h9-10,12-13H,4-8,11H2,1-3H3,(H,19,23)(H,20,22). The number of likely N-dealkylation sites (N-methyl/N-ethyl adjacent to an activating group) is 1. The number of anilines is 1. The molecule has 1 saturated heterocycles. The smallest absolute Gasteiger partial charge is 0.255 e. The largest absolute Gasteiger partial charge is 0.496 e. The molecule has 0 bridgehead atoms. The van der Waals surface area contributed by atoms with Crippen LogP contribution < -0.4 is 15.4 Å². The van der Waals surface area contributed by atoms with Crippen LogP contribution in [-0.2, 0) is 14.6 Å². The number of carbonyl (C=O) groups excluding carboxylic acids is 2. The first-order chi connectivity index (χ1) is 12.9. The molecule has 1 aromatic rings. The Morgan fingerprint density at radius 3 is 2.70 bits per heavy atom. The molecule has 0 saturated carbocycles. The molecule has 2 N–H and O–H groups in total. The maximum atomic E-state index is 12.7. The number of ether oxygens (including phenoxy) is 1. The van der Waals surface area contributed by atoms with Crippen LogP contribution in [0.25, 0.3) is 0 Å². The molecule has 1 heterocycles. The van der Waals surface area contributed by atoms with Crippen LogP contribution in [0.3, 0.4) is 0 Å². The second kappa shape index (κ2) is 9.18. The Bertz CT molecular complexity index is 794. The molecular formula is C18H27N3O5S. The minimum Gasteiger partial charge on any atom is -0.496 e. The van der Waals surface area contributed by atoms with Gasteiger partial charge in [-0.2, -0.15) is 0 Å². The average molecular weight is 397 g/mol. The van der Waals surface area contributed by atoms with Crippen molar-refractivity contribution in [2.24, 2.45) is 0 Å². The fourth-order valence-electron chi connectivity index (χ4n) is 3.34. The highest BCUT2D eigenvalue weighted by molar-refractivity contribution is 7.91. The van der Waals surface area contributed by atoms with Crippen LogP contribution in [-0.4, -0.2) is 64.2 Å². The lowest BCUT2D eigenvalue weighted by Gasteiger charge is -2.23. The van der Waals surface area contributed by atoms with Crippen LogP contribution in [0.1, 0.15) is 37.0 Å². The highest BCUT2D eigenvalue weighted by Gasteiger charge is 2.26. The van der Waals surface area contributed by atoms with Crippen molar-refractivity contribution < 1.29 is 22.7 Å². The molecule has 1 fully saturated rings. The number of hydrogen-bond acceptors (Lipinski definition) is 6. The van der Waals surface area contributed by atoms with Gasteiger partial charge >= 0.3 is 0 Å². The Balaban J connectivity index is 2.32. The fourth-order valence-corrected chi connectivity index (χ4v) is 4.41. The Labute approximate surface area is 160 Å². The van der Waals surface area contributed by atoms with Gasteiger partial charge in [0.2, 0.25) is 6.41 Å². The Morgan fingerprint density at radius 2 is 2.11 bits per heavy atom. The van der Waals surface area contributed by atoms with Gasteiger partial charge in [0.1, 0.15) is 5.75 Å². The quantitative estimate of drug-likeness (QED) is 0.608. The van der Waals surface area contributed by atoms with Crippen molar-refractivity contribution in [3.63, 3.8) is 0 Å². The first-order valence-corrected chi connectivity index (χ1v) is 10.7. The van der Waals surface area contributed by atoms with Gasteiger partial charge in [0.15, 0.2) is 9.84 Å². The summed E-state index contributed by atoms with van der Waals surface area (Å²) in [6, 6.07) is 2.91. The third-order valence-corrected chi connectivity index (χ3v) is 6.65. The van der Waals surface area contributed by atoms with E-state index in [0.29, 0.717) is 13.0 Å². The minimum absolute atomic E-state index is 0.0909. The molecule has 8 nitrogen and oxygen atoms in total. The monoisotopic (exact) mass is 397 g/mol. The summed E-state index contributed by atoms with van der Waals surface area (Å²) in [5, 5.41) is 5.25. The molecule has 1 aliphatic heterocycles. The summed E-state index contributed by atoms with van der Waals surface area (Å²) in [6.07, 6.45) is 2.51. The molecule has 0 aliphatic carbocycles. The summed E-state index contributed by atoms with van der Waals surface area (Å²) < 4.78 is 30.0. The zero-order chi connectivity index (χ0) is 20.0. The second-order valence-electron chi connectivity index (χ2n) is 6.35. The van der Waals surface area contributed by atoms with Gasteiger partial charge in [0.25, 0.3) is 5.91 Å². The van der Waals surface area contributed by atoms with Gasteiger partial charge < -0.3 is 15.4 Å². The molecule has 9 heteroatoms. The second-order valence-corrected chi connectivity index (χ2v) is 8.60. The number of rotatable bonds is 9. The van der Waals surface area contributed by atoms with E-state index in [1.807, 2.05) is 0 Å². The molecule has 2 amide bonds. The van der Waals surface area contributed by atoms with Gasteiger partial charge in [-0.15, -0.1) is 0 Å². The van der Waals surface area contributed by atoms with Crippen LogP contribution >= 0.6 is 0 Å². The van der Waals surface area contributed by atoms with E-state index in [9.17, 15) is 18.0 Å². The van der Waals surface area contributed by atoms with Gasteiger partial charge in [-0.3, -0.25) is 14.5 Å². The van der Waals surface area contributed by atoms with Crippen LogP contribution in [0, 0.1) is 0 Å². The van der Waals surface area contributed by atoms with E-state index >= 15 is 0 Å². The van der Waals surface area contributed by atoms with Gasteiger partial charge in [-0.05, 0) is 32.0 Å². The molecular weight excluding hydrogens is 370 g/mol. The van der Waals surface area contributed by atoms with Crippen molar-refractivity contribution in [2.45, 2.75) is 37.6 Å². The lowest BCUT2D eigenvalue weighted by atomic mass is 10.1. The third-order valence-electron chi connectivity index (χ3n) is 4.88. The maximum absolute atomic E-state index is 12.7. The summed E-state index contributed by atoms with van der Waals surface area (Å²) in [4.78, 5) is 25.8. The first-order valence-electron chi connectivity index (χ1n) is 9.05. The molecule has 0 spiro atoms. The fraction of sp³-hybridized carbons (Fsp3) is 0.556. The molecule has 0 aromatic heterocycles. The van der Waals surface area contributed by atoms with Crippen LogP contribution in [0.2, 0.25) is 0 Å². The number of benzene rings is 1. The van der Waals surface area contributed by atoms with E-state index < -0.39 is 15.7 Å². The predicted octanol–water partition coefficient (Wildman–Crippen LogP) is 1.27. The average Bonchev–Trinajstić information content (AvgIpc) is 3.13. The first kappa shape index (κ1) is 21.2. The maximum Gasteiger partial charge on any atom is 0.255 e. The lowest BCUT2D eigenvalue weighted by molar-refractivity contribution is -0.105. The van der Waals surface area contributed by atoms with Crippen molar-refractivity contribution in [3.8, 4) is 5.75 Å². The zero-order valence-electron chi connectivity index (χ0n) is 15.9. The summed E-state index contributed by atoms with van der Waals surface area (Å²) in [7, 11) is -2.25. The van der Waals surface area contributed by atoms with Crippen LogP contribution in [0.4, 0.5) is 5.69 Å². The van der Waals surface area contributed by atoms with Crippen LogP contribution in [0.15, 0.2) is 17.0 Å². The van der Waals surface area contributed by atoms with Crippen molar-refractivity contribution in [3.05, 3.63) is 17.7 Å². The Hall–Kier alpha value is -2.13. The molecule has 2 rings (SSSR count). The van der Waals surface area contributed by atoms with E-state index in [2.05, 4.69) is 22.5 Å². The molecule has 0 radical (unpaired) electrons. The number of carbonyl (C=O) groups is 2. The summed E-state index contributed by atoms with van der Waals surface area (Å²) in [6.45, 7) is 6.02. The van der Waals surface area contributed by atoms with Crippen molar-refractivity contribution >= 4 is 27.8 Å². The number of amides is 2. The van der Waals surface area contributed by atoms with Gasteiger partial charge in [-0.1, -0.05) is 13.8 Å². The predicted molar refractivity (Wildman–Crippen MR) is 103 cm³/mol. The number of nitrogens with zero attached hydrogens (tertiary/aromatic N) is 1.